The fourth-order valence-electron chi connectivity index (χ4n) is 4.06. The van der Waals surface area contributed by atoms with Crippen LogP contribution < -0.4 is 5.32 Å². The van der Waals surface area contributed by atoms with Gasteiger partial charge in [0.2, 0.25) is 12.3 Å². The Labute approximate surface area is 153 Å². The zero-order chi connectivity index (χ0) is 18.8. The molecular formula is C20H25N3O3. The summed E-state index contributed by atoms with van der Waals surface area (Å²) in [6, 6.07) is 5.44. The van der Waals surface area contributed by atoms with Crippen LogP contribution in [0.3, 0.4) is 0 Å². The summed E-state index contributed by atoms with van der Waals surface area (Å²) in [5.41, 5.74) is 2.91. The van der Waals surface area contributed by atoms with Gasteiger partial charge >= 0.3 is 0 Å². The Kier molecular flexibility index (Phi) is 5.23. The van der Waals surface area contributed by atoms with Crippen molar-refractivity contribution in [2.45, 2.75) is 26.3 Å². The molecule has 0 saturated carbocycles. The van der Waals surface area contributed by atoms with Crippen LogP contribution in [0, 0.1) is 5.92 Å². The highest BCUT2D eigenvalue weighted by Gasteiger charge is 2.39. The summed E-state index contributed by atoms with van der Waals surface area (Å²) in [5, 5.41) is 2.63. The third-order valence-electron chi connectivity index (χ3n) is 5.40. The molecule has 0 fully saturated rings. The molecule has 0 radical (unpaired) electrons. The molecule has 1 N–H and O–H groups in total. The molecule has 1 aliphatic heterocycles. The molecule has 0 spiro atoms. The molecular weight excluding hydrogens is 330 g/mol. The van der Waals surface area contributed by atoms with Gasteiger partial charge < -0.3 is 10.2 Å². The molecule has 2 atom stereocenters. The maximum Gasteiger partial charge on any atom is 0.230 e. The van der Waals surface area contributed by atoms with Gasteiger partial charge in [-0.15, -0.1) is 0 Å². The highest BCUT2D eigenvalue weighted by Crippen LogP contribution is 2.40. The summed E-state index contributed by atoms with van der Waals surface area (Å²) < 4.78 is 0. The van der Waals surface area contributed by atoms with Crippen LogP contribution in [0.2, 0.25) is 0 Å². The van der Waals surface area contributed by atoms with Gasteiger partial charge in [0.15, 0.2) is 5.78 Å². The molecule has 6 heteroatoms. The Morgan fingerprint density at radius 1 is 1.35 bits per heavy atom. The van der Waals surface area contributed by atoms with E-state index in [-0.39, 0.29) is 23.7 Å². The first kappa shape index (κ1) is 18.3. The van der Waals surface area contributed by atoms with Crippen molar-refractivity contribution in [3.8, 4) is 0 Å². The first-order chi connectivity index (χ1) is 12.5. The smallest absolute Gasteiger partial charge is 0.230 e. The van der Waals surface area contributed by atoms with E-state index in [9.17, 15) is 14.4 Å². The van der Waals surface area contributed by atoms with Crippen LogP contribution >= 0.6 is 0 Å². The molecule has 2 unspecified atom stereocenters. The highest BCUT2D eigenvalue weighted by atomic mass is 16.2. The van der Waals surface area contributed by atoms with Gasteiger partial charge in [-0.2, -0.15) is 0 Å². The lowest BCUT2D eigenvalue weighted by atomic mass is 9.77. The van der Waals surface area contributed by atoms with Crippen molar-refractivity contribution in [1.82, 2.24) is 9.80 Å². The number of benzene rings is 1. The molecule has 6 nitrogen and oxygen atoms in total. The quantitative estimate of drug-likeness (QED) is 0.821. The van der Waals surface area contributed by atoms with Crippen molar-refractivity contribution in [3.63, 3.8) is 0 Å². The van der Waals surface area contributed by atoms with Crippen molar-refractivity contribution in [1.29, 1.82) is 0 Å². The molecule has 138 valence electrons. The molecule has 0 aromatic heterocycles. The van der Waals surface area contributed by atoms with Crippen LogP contribution in [0.5, 0.6) is 0 Å². The summed E-state index contributed by atoms with van der Waals surface area (Å²) in [5.74, 6) is -0.0872. The lowest BCUT2D eigenvalue weighted by Crippen LogP contribution is -2.48. The molecule has 2 amide bonds. The normalized spacial score (nSPS) is 22.1. The number of carbonyl (C=O) groups is 3. The molecule has 1 aliphatic carbocycles. The Morgan fingerprint density at radius 3 is 2.73 bits per heavy atom. The Morgan fingerprint density at radius 2 is 2.08 bits per heavy atom. The zero-order valence-corrected chi connectivity index (χ0v) is 15.5. The number of anilines is 1. The lowest BCUT2D eigenvalue weighted by Gasteiger charge is -2.40. The average molecular weight is 355 g/mol. The Balaban J connectivity index is 2.07. The van der Waals surface area contributed by atoms with Crippen LogP contribution in [-0.4, -0.2) is 60.6 Å². The van der Waals surface area contributed by atoms with Crippen LogP contribution in [0.25, 0.3) is 5.57 Å². The molecule has 3 rings (SSSR count). The first-order valence-electron chi connectivity index (χ1n) is 9.09. The number of amides is 2. The van der Waals surface area contributed by atoms with E-state index >= 15 is 0 Å². The standard InChI is InChI=1S/C20H25N3O3/c1-4-23(5-2)20(26)13-9-15-14-7-6-8-16(21-12-24)19(14)18(25)10-17(15)22(3)11-13/h6-9,12-13,17H,4-5,10-11H2,1-3H3,(H,21,24). The fraction of sp³-hybridized carbons (Fsp3) is 0.450. The number of carbonyl (C=O) groups excluding carboxylic acids is 3. The zero-order valence-electron chi connectivity index (χ0n) is 15.5. The van der Waals surface area contributed by atoms with Gasteiger partial charge in [0.25, 0.3) is 0 Å². The third-order valence-corrected chi connectivity index (χ3v) is 5.40. The summed E-state index contributed by atoms with van der Waals surface area (Å²) in [6.07, 6.45) is 2.98. The molecule has 0 bridgehead atoms. The van der Waals surface area contributed by atoms with E-state index in [1.54, 1.807) is 6.07 Å². The van der Waals surface area contributed by atoms with E-state index in [0.29, 0.717) is 43.7 Å². The average Bonchev–Trinajstić information content (AvgIpc) is 2.63. The topological polar surface area (TPSA) is 69.7 Å². The lowest BCUT2D eigenvalue weighted by molar-refractivity contribution is -0.134. The van der Waals surface area contributed by atoms with E-state index in [4.69, 9.17) is 0 Å². The number of hydrogen-bond donors (Lipinski definition) is 1. The van der Waals surface area contributed by atoms with Crippen molar-refractivity contribution >= 4 is 29.4 Å². The Hall–Kier alpha value is -2.47. The van der Waals surface area contributed by atoms with Gasteiger partial charge in [-0.1, -0.05) is 18.2 Å². The highest BCUT2D eigenvalue weighted by molar-refractivity contribution is 6.11. The van der Waals surface area contributed by atoms with E-state index < -0.39 is 0 Å². The number of rotatable bonds is 5. The maximum atomic E-state index is 12.9. The largest absolute Gasteiger partial charge is 0.343 e. The molecule has 0 saturated heterocycles. The van der Waals surface area contributed by atoms with Gasteiger partial charge in [0.05, 0.1) is 11.6 Å². The summed E-state index contributed by atoms with van der Waals surface area (Å²) in [7, 11) is 1.96. The van der Waals surface area contributed by atoms with E-state index in [2.05, 4.69) is 10.2 Å². The summed E-state index contributed by atoms with van der Waals surface area (Å²) >= 11 is 0. The minimum atomic E-state index is -0.227. The number of fused-ring (bicyclic) bond motifs is 3. The van der Waals surface area contributed by atoms with Gasteiger partial charge in [0.1, 0.15) is 0 Å². The number of nitrogens with one attached hydrogen (secondary N) is 1. The van der Waals surface area contributed by atoms with Gasteiger partial charge in [-0.3, -0.25) is 19.3 Å². The van der Waals surface area contributed by atoms with Gasteiger partial charge in [-0.05, 0) is 38.1 Å². The third kappa shape index (κ3) is 3.05. The molecule has 2 aliphatic rings. The minimum Gasteiger partial charge on any atom is -0.343 e. The molecule has 1 aromatic carbocycles. The molecule has 1 aromatic rings. The van der Waals surface area contributed by atoms with Crippen LogP contribution in [-0.2, 0) is 9.59 Å². The number of ketones is 1. The van der Waals surface area contributed by atoms with Crippen molar-refractivity contribution in [3.05, 3.63) is 35.4 Å². The van der Waals surface area contributed by atoms with Gasteiger partial charge in [0, 0.05) is 37.7 Å². The SMILES string of the molecule is CCN(CC)C(=O)C1C=C2c3cccc(NC=O)c3C(=O)CC2N(C)C1. The predicted molar refractivity (Wildman–Crippen MR) is 101 cm³/mol. The minimum absolute atomic E-state index is 0.0208. The number of nitrogens with zero attached hydrogens (tertiary/aromatic N) is 2. The van der Waals surface area contributed by atoms with Crippen LogP contribution in [0.4, 0.5) is 5.69 Å². The van der Waals surface area contributed by atoms with E-state index in [1.165, 1.54) is 0 Å². The summed E-state index contributed by atoms with van der Waals surface area (Å²) in [4.78, 5) is 40.4. The van der Waals surface area contributed by atoms with Crippen molar-refractivity contribution in [2.24, 2.45) is 5.92 Å². The maximum absolute atomic E-state index is 12.9. The number of likely N-dealkylation sites (N-methyl/N-ethyl adjacent to an activating group) is 1. The predicted octanol–water partition coefficient (Wildman–Crippen LogP) is 2.02. The number of Topliss-reactive ketones (excluding diaryl/α,β-unsaturated/α-hetero) is 1. The second-order valence-electron chi connectivity index (χ2n) is 6.81. The van der Waals surface area contributed by atoms with Crippen molar-refractivity contribution in [2.75, 3.05) is 32.0 Å². The first-order valence-corrected chi connectivity index (χ1v) is 9.09. The van der Waals surface area contributed by atoms with Gasteiger partial charge in [-0.25, -0.2) is 0 Å². The monoisotopic (exact) mass is 355 g/mol. The fourth-order valence-corrected chi connectivity index (χ4v) is 4.06. The summed E-state index contributed by atoms with van der Waals surface area (Å²) in [6.45, 7) is 5.94. The Bertz CT molecular complexity index is 768. The van der Waals surface area contributed by atoms with E-state index in [1.807, 2.05) is 44.0 Å². The number of hydrogen-bond acceptors (Lipinski definition) is 4. The molecule has 1 heterocycles. The van der Waals surface area contributed by atoms with E-state index in [0.717, 1.165) is 11.1 Å². The second kappa shape index (κ2) is 7.41. The molecule has 26 heavy (non-hydrogen) atoms. The van der Waals surface area contributed by atoms with Crippen LogP contribution in [0.1, 0.15) is 36.2 Å². The van der Waals surface area contributed by atoms with Crippen molar-refractivity contribution < 1.29 is 14.4 Å². The second-order valence-corrected chi connectivity index (χ2v) is 6.81. The van der Waals surface area contributed by atoms with Crippen LogP contribution in [0.15, 0.2) is 24.3 Å².